The minimum atomic E-state index is -1.09. The Kier molecular flexibility index (Phi) is 5.45. The molecule has 1 aromatic carbocycles. The van der Waals surface area contributed by atoms with Crippen molar-refractivity contribution >= 4 is 22.8 Å². The van der Waals surface area contributed by atoms with Crippen molar-refractivity contribution in [3.05, 3.63) is 36.0 Å². The number of aliphatic carboxylic acids is 1. The predicted octanol–water partition coefficient (Wildman–Crippen LogP) is -0.198. The summed E-state index contributed by atoms with van der Waals surface area (Å²) in [5.41, 5.74) is 7.75. The summed E-state index contributed by atoms with van der Waals surface area (Å²) in [4.78, 5) is 25.6. The third-order valence-corrected chi connectivity index (χ3v) is 3.18. The first-order chi connectivity index (χ1) is 9.49. The summed E-state index contributed by atoms with van der Waals surface area (Å²) in [5.74, 6) is -1.55. The highest BCUT2D eigenvalue weighted by molar-refractivity contribution is 5.88. The van der Waals surface area contributed by atoms with E-state index in [1.807, 2.05) is 30.5 Å². The lowest BCUT2D eigenvalue weighted by atomic mass is 10.0. The van der Waals surface area contributed by atoms with E-state index in [1.165, 1.54) is 6.92 Å². The van der Waals surface area contributed by atoms with E-state index in [2.05, 4.69) is 10.3 Å². The average Bonchev–Trinajstić information content (AvgIpc) is 2.82. The van der Waals surface area contributed by atoms with Crippen molar-refractivity contribution in [2.75, 3.05) is 0 Å². The van der Waals surface area contributed by atoms with Crippen LogP contribution in [0.25, 0.3) is 10.9 Å². The van der Waals surface area contributed by atoms with Gasteiger partial charge in [-0.25, -0.2) is 0 Å². The number of benzene rings is 1. The first-order valence-electron chi connectivity index (χ1n) is 6.33. The zero-order chi connectivity index (χ0) is 14.7. The van der Waals surface area contributed by atoms with Crippen LogP contribution in [0.4, 0.5) is 0 Å². The van der Waals surface area contributed by atoms with Gasteiger partial charge in [0.15, 0.2) is 0 Å². The van der Waals surface area contributed by atoms with Crippen molar-refractivity contribution in [3.8, 4) is 0 Å². The summed E-state index contributed by atoms with van der Waals surface area (Å²) in [6.45, 7) is 1.40. The second kappa shape index (κ2) is 6.87. The molecule has 0 aliphatic rings. The molecule has 0 unspecified atom stereocenters. The maximum Gasteiger partial charge on any atom is 0.325 e. The van der Waals surface area contributed by atoms with Gasteiger partial charge in [0.05, 0.1) is 6.04 Å². The molecule has 7 N–H and O–H groups in total. The second-order valence-electron chi connectivity index (χ2n) is 4.74. The van der Waals surface area contributed by atoms with E-state index in [-0.39, 0.29) is 5.48 Å². The van der Waals surface area contributed by atoms with Gasteiger partial charge >= 0.3 is 5.97 Å². The lowest BCUT2D eigenvalue weighted by Gasteiger charge is -2.14. The van der Waals surface area contributed by atoms with Gasteiger partial charge in [-0.15, -0.1) is 0 Å². The van der Waals surface area contributed by atoms with E-state index in [9.17, 15) is 9.59 Å². The monoisotopic (exact) mass is 293 g/mol. The molecule has 0 radical (unpaired) electrons. The molecule has 114 valence electrons. The highest BCUT2D eigenvalue weighted by Gasteiger charge is 2.20. The molecule has 1 heterocycles. The molecule has 7 nitrogen and oxygen atoms in total. The number of carboxylic acid groups (broad SMARTS) is 1. The van der Waals surface area contributed by atoms with Crippen LogP contribution >= 0.6 is 0 Å². The molecule has 2 atom stereocenters. The molecular formula is C14H19N3O4. The molecule has 7 heteroatoms. The van der Waals surface area contributed by atoms with Gasteiger partial charge in [0, 0.05) is 17.1 Å². The summed E-state index contributed by atoms with van der Waals surface area (Å²) in [7, 11) is 0. The number of carboxylic acids is 1. The lowest BCUT2D eigenvalue weighted by molar-refractivity contribution is -0.141. The van der Waals surface area contributed by atoms with Crippen molar-refractivity contribution in [2.45, 2.75) is 25.4 Å². The van der Waals surface area contributed by atoms with Crippen molar-refractivity contribution in [1.82, 2.24) is 10.3 Å². The van der Waals surface area contributed by atoms with Gasteiger partial charge in [-0.2, -0.15) is 0 Å². The van der Waals surface area contributed by atoms with Gasteiger partial charge in [-0.1, -0.05) is 18.2 Å². The molecule has 21 heavy (non-hydrogen) atoms. The summed E-state index contributed by atoms with van der Waals surface area (Å²) in [6.07, 6.45) is 2.17. The highest BCUT2D eigenvalue weighted by Crippen LogP contribution is 2.18. The SMILES string of the molecule is C[C@H](NC(=O)[C@@H](N)Cc1c[nH]c2ccccc12)C(=O)O.O. The van der Waals surface area contributed by atoms with Crippen molar-refractivity contribution in [3.63, 3.8) is 0 Å². The van der Waals surface area contributed by atoms with Crippen molar-refractivity contribution in [2.24, 2.45) is 5.73 Å². The Hall–Kier alpha value is -2.38. The number of fused-ring (bicyclic) bond motifs is 1. The number of nitrogens with one attached hydrogen (secondary N) is 2. The Morgan fingerprint density at radius 2 is 2.05 bits per heavy atom. The van der Waals surface area contributed by atoms with Gasteiger partial charge in [0.1, 0.15) is 6.04 Å². The van der Waals surface area contributed by atoms with Crippen LogP contribution in [0.1, 0.15) is 12.5 Å². The van der Waals surface area contributed by atoms with E-state index in [0.29, 0.717) is 6.42 Å². The van der Waals surface area contributed by atoms with E-state index in [0.717, 1.165) is 16.5 Å². The number of nitrogens with two attached hydrogens (primary N) is 1. The normalized spacial score (nSPS) is 13.2. The molecule has 0 fully saturated rings. The molecule has 0 bridgehead atoms. The van der Waals surface area contributed by atoms with Crippen LogP contribution in [0.3, 0.4) is 0 Å². The maximum atomic E-state index is 11.8. The zero-order valence-electron chi connectivity index (χ0n) is 11.6. The van der Waals surface area contributed by atoms with Crippen LogP contribution < -0.4 is 11.1 Å². The third-order valence-electron chi connectivity index (χ3n) is 3.18. The molecule has 0 saturated heterocycles. The number of carbonyl (C=O) groups excluding carboxylic acids is 1. The summed E-state index contributed by atoms with van der Waals surface area (Å²) in [6, 6.07) is 6.00. The molecule has 2 aromatic rings. The van der Waals surface area contributed by atoms with Gasteiger partial charge < -0.3 is 26.6 Å². The second-order valence-corrected chi connectivity index (χ2v) is 4.74. The third kappa shape index (κ3) is 3.80. The number of H-pyrrole nitrogens is 1. The Balaban J connectivity index is 0.00000220. The molecule has 2 rings (SSSR count). The van der Waals surface area contributed by atoms with E-state index < -0.39 is 24.0 Å². The van der Waals surface area contributed by atoms with Crippen LogP contribution in [0.2, 0.25) is 0 Å². The van der Waals surface area contributed by atoms with E-state index >= 15 is 0 Å². The van der Waals surface area contributed by atoms with E-state index in [1.54, 1.807) is 0 Å². The molecule has 0 aliphatic carbocycles. The first kappa shape index (κ1) is 16.7. The molecular weight excluding hydrogens is 274 g/mol. The Morgan fingerprint density at radius 3 is 2.71 bits per heavy atom. The fourth-order valence-corrected chi connectivity index (χ4v) is 2.01. The number of rotatable bonds is 5. The molecule has 1 amide bonds. The number of para-hydroxylation sites is 1. The number of carbonyl (C=O) groups is 2. The molecule has 1 aromatic heterocycles. The van der Waals surface area contributed by atoms with Crippen LogP contribution in [0, 0.1) is 0 Å². The molecule has 0 saturated carbocycles. The smallest absolute Gasteiger partial charge is 0.325 e. The molecule has 0 aliphatic heterocycles. The van der Waals surface area contributed by atoms with Crippen molar-refractivity contribution in [1.29, 1.82) is 0 Å². The number of amides is 1. The summed E-state index contributed by atoms with van der Waals surface area (Å²) < 4.78 is 0. The standard InChI is InChI=1S/C14H17N3O3.H2O/c1-8(14(19)20)17-13(18)11(15)6-9-7-16-12-5-3-2-4-10(9)12;/h2-5,7-8,11,16H,6,15H2,1H3,(H,17,18)(H,19,20);1H2/t8-,11-;/m0./s1. The van der Waals surface area contributed by atoms with Gasteiger partial charge in [0.25, 0.3) is 0 Å². The van der Waals surface area contributed by atoms with Crippen LogP contribution in [-0.4, -0.2) is 39.5 Å². The zero-order valence-corrected chi connectivity index (χ0v) is 11.6. The Bertz CT molecular complexity index is 638. The predicted molar refractivity (Wildman–Crippen MR) is 78.8 cm³/mol. The largest absolute Gasteiger partial charge is 0.480 e. The van der Waals surface area contributed by atoms with Crippen LogP contribution in [-0.2, 0) is 16.0 Å². The first-order valence-corrected chi connectivity index (χ1v) is 6.33. The molecule has 0 spiro atoms. The highest BCUT2D eigenvalue weighted by atomic mass is 16.4. The van der Waals surface area contributed by atoms with Crippen LogP contribution in [0.15, 0.2) is 30.5 Å². The number of hydrogen-bond donors (Lipinski definition) is 4. The van der Waals surface area contributed by atoms with Gasteiger partial charge in [-0.3, -0.25) is 9.59 Å². The Morgan fingerprint density at radius 1 is 1.38 bits per heavy atom. The minimum absolute atomic E-state index is 0. The maximum absolute atomic E-state index is 11.8. The average molecular weight is 293 g/mol. The minimum Gasteiger partial charge on any atom is -0.480 e. The number of aromatic nitrogens is 1. The summed E-state index contributed by atoms with van der Waals surface area (Å²) in [5, 5.41) is 12.1. The van der Waals surface area contributed by atoms with E-state index in [4.69, 9.17) is 10.8 Å². The van der Waals surface area contributed by atoms with Crippen LogP contribution in [0.5, 0.6) is 0 Å². The number of aromatic amines is 1. The fraction of sp³-hybridized carbons (Fsp3) is 0.286. The number of hydrogen-bond acceptors (Lipinski definition) is 3. The summed E-state index contributed by atoms with van der Waals surface area (Å²) >= 11 is 0. The topological polar surface area (TPSA) is 140 Å². The van der Waals surface area contributed by atoms with Gasteiger partial charge in [-0.05, 0) is 25.0 Å². The van der Waals surface area contributed by atoms with Gasteiger partial charge in [0.2, 0.25) is 5.91 Å². The lowest BCUT2D eigenvalue weighted by Crippen LogP contribution is -2.47. The quantitative estimate of drug-likeness (QED) is 0.606. The van der Waals surface area contributed by atoms with Crippen molar-refractivity contribution < 1.29 is 20.2 Å². The Labute approximate surface area is 121 Å². The fourth-order valence-electron chi connectivity index (χ4n) is 2.01.